The molecule has 5 nitrogen and oxygen atoms in total. The fourth-order valence-corrected chi connectivity index (χ4v) is 0.807. The third-order valence-corrected chi connectivity index (χ3v) is 1.24. The van der Waals surface area contributed by atoms with E-state index < -0.39 is 11.5 Å². The highest BCUT2D eigenvalue weighted by Crippen LogP contribution is 2.07. The molecule has 0 aromatic heterocycles. The maximum atomic E-state index is 10.8. The summed E-state index contributed by atoms with van der Waals surface area (Å²) in [4.78, 5) is 21.1. The number of carboxylic acid groups (broad SMARTS) is 1. The molecule has 0 aliphatic heterocycles. The lowest BCUT2D eigenvalue weighted by molar-refractivity contribution is -0.597. The molecule has 0 atom stereocenters. The second-order valence-corrected chi connectivity index (χ2v) is 3.73. The second-order valence-electron chi connectivity index (χ2n) is 3.73. The molecular formula is C10H21ClN2O3. The molecule has 0 spiro atoms. The molecule has 0 fully saturated rings. The van der Waals surface area contributed by atoms with Crippen LogP contribution in [0.5, 0.6) is 0 Å². The zero-order chi connectivity index (χ0) is 12.5. The second kappa shape index (κ2) is 10.4. The molecular weight excluding hydrogens is 232 g/mol. The van der Waals surface area contributed by atoms with Gasteiger partial charge in [-0.25, -0.2) is 0 Å². The van der Waals surface area contributed by atoms with Gasteiger partial charge in [0.15, 0.2) is 0 Å². The van der Waals surface area contributed by atoms with E-state index in [0.29, 0.717) is 0 Å². The number of hydrogen-bond acceptors (Lipinski definition) is 2. The zero-order valence-corrected chi connectivity index (χ0v) is 11.0. The van der Waals surface area contributed by atoms with Gasteiger partial charge in [0.2, 0.25) is 5.91 Å². The summed E-state index contributed by atoms with van der Waals surface area (Å²) in [5.41, 5.74) is -0.725. The molecule has 0 radical (unpaired) electrons. The lowest BCUT2D eigenvalue weighted by Gasteiger charge is -2.23. The van der Waals surface area contributed by atoms with E-state index in [-0.39, 0.29) is 24.7 Å². The van der Waals surface area contributed by atoms with Crippen LogP contribution in [0.2, 0.25) is 0 Å². The maximum absolute atomic E-state index is 10.8. The van der Waals surface area contributed by atoms with Crippen molar-refractivity contribution in [2.24, 2.45) is 0 Å². The van der Waals surface area contributed by atoms with E-state index in [1.807, 2.05) is 19.4 Å². The number of nitrogens with one attached hydrogen (secondary N) is 1. The van der Waals surface area contributed by atoms with Crippen LogP contribution in [0.15, 0.2) is 12.7 Å². The molecule has 0 saturated heterocycles. The molecule has 0 heterocycles. The molecule has 0 aromatic rings. The standard InChI is InChI=1S/C8H13NO3.C2H7N.ClH/c1-4-6(10)9-8(2,3)5-7(11)12;1-3-2;/h4H,1,5H2,2-3H3,(H,9,10)(H,11,12);3H,1-2H3;1H. The molecule has 0 aliphatic carbocycles. The minimum absolute atomic E-state index is 0. The van der Waals surface area contributed by atoms with Crippen molar-refractivity contribution < 1.29 is 32.4 Å². The topological polar surface area (TPSA) is 83.0 Å². The minimum atomic E-state index is -0.940. The van der Waals surface area contributed by atoms with Gasteiger partial charge in [-0.3, -0.25) is 9.59 Å². The van der Waals surface area contributed by atoms with E-state index >= 15 is 0 Å². The van der Waals surface area contributed by atoms with E-state index in [2.05, 4.69) is 11.9 Å². The van der Waals surface area contributed by atoms with Gasteiger partial charge in [-0.15, -0.1) is 0 Å². The number of hydrogen-bond donors (Lipinski definition) is 3. The minimum Gasteiger partial charge on any atom is -1.00 e. The zero-order valence-electron chi connectivity index (χ0n) is 10.2. The Morgan fingerprint density at radius 1 is 1.44 bits per heavy atom. The maximum Gasteiger partial charge on any atom is 0.305 e. The highest BCUT2D eigenvalue weighted by molar-refractivity contribution is 5.87. The molecule has 1 amide bonds. The third kappa shape index (κ3) is 15.4. The van der Waals surface area contributed by atoms with E-state index in [1.165, 1.54) is 0 Å². The molecule has 0 unspecified atom stereocenters. The Kier molecular flexibility index (Phi) is 13.3. The SMILES string of the molecule is C=CC(=O)NC(C)(C)CC(=O)O.C[NH2+]C.[Cl-]. The molecule has 16 heavy (non-hydrogen) atoms. The smallest absolute Gasteiger partial charge is 0.305 e. The van der Waals surface area contributed by atoms with Crippen LogP contribution in [0.3, 0.4) is 0 Å². The Bertz CT molecular complexity index is 230. The van der Waals surface area contributed by atoms with Crippen molar-refractivity contribution in [3.63, 3.8) is 0 Å². The largest absolute Gasteiger partial charge is 1.00 e. The Morgan fingerprint density at radius 2 is 1.81 bits per heavy atom. The van der Waals surface area contributed by atoms with Crippen molar-refractivity contribution in [3.8, 4) is 0 Å². The first kappa shape index (κ1) is 20.4. The normalized spacial score (nSPS) is 9.00. The monoisotopic (exact) mass is 252 g/mol. The van der Waals surface area contributed by atoms with Gasteiger partial charge in [0, 0.05) is 5.54 Å². The van der Waals surface area contributed by atoms with Crippen molar-refractivity contribution in [3.05, 3.63) is 12.7 Å². The molecule has 0 aromatic carbocycles. The van der Waals surface area contributed by atoms with Crippen LogP contribution in [-0.2, 0) is 9.59 Å². The quantitative estimate of drug-likeness (QED) is 0.452. The third-order valence-electron chi connectivity index (χ3n) is 1.24. The van der Waals surface area contributed by atoms with Gasteiger partial charge in [0.05, 0.1) is 20.5 Å². The molecule has 0 aliphatic rings. The number of carbonyl (C=O) groups excluding carboxylic acids is 1. The van der Waals surface area contributed by atoms with Gasteiger partial charge in [-0.1, -0.05) is 6.58 Å². The number of carbonyl (C=O) groups is 2. The summed E-state index contributed by atoms with van der Waals surface area (Å²) in [5.74, 6) is -1.30. The summed E-state index contributed by atoms with van der Waals surface area (Å²) in [5, 5.41) is 13.0. The first-order valence-corrected chi connectivity index (χ1v) is 4.69. The van der Waals surface area contributed by atoms with Crippen molar-refractivity contribution in [1.29, 1.82) is 0 Å². The van der Waals surface area contributed by atoms with Gasteiger partial charge < -0.3 is 28.1 Å². The average Bonchev–Trinajstić information content (AvgIpc) is 2.01. The molecule has 96 valence electrons. The van der Waals surface area contributed by atoms with Gasteiger partial charge in [0.1, 0.15) is 0 Å². The lowest BCUT2D eigenvalue weighted by atomic mass is 10.0. The summed E-state index contributed by atoms with van der Waals surface area (Å²) in [6.07, 6.45) is 1.01. The number of quaternary nitrogens is 1. The van der Waals surface area contributed by atoms with E-state index in [0.717, 1.165) is 6.08 Å². The summed E-state index contributed by atoms with van der Waals surface area (Å²) in [6.45, 7) is 6.55. The first-order valence-electron chi connectivity index (χ1n) is 4.69. The van der Waals surface area contributed by atoms with Crippen molar-refractivity contribution in [2.45, 2.75) is 25.8 Å². The fraction of sp³-hybridized carbons (Fsp3) is 0.600. The van der Waals surface area contributed by atoms with Gasteiger partial charge >= 0.3 is 5.97 Å². The van der Waals surface area contributed by atoms with Crippen LogP contribution in [0.1, 0.15) is 20.3 Å². The molecule has 0 rings (SSSR count). The summed E-state index contributed by atoms with van der Waals surface area (Å²) >= 11 is 0. The van der Waals surface area contributed by atoms with Crippen LogP contribution in [-0.4, -0.2) is 36.6 Å². The van der Waals surface area contributed by atoms with Crippen LogP contribution in [0, 0.1) is 0 Å². The average molecular weight is 253 g/mol. The number of amides is 1. The Hall–Kier alpha value is -1.07. The van der Waals surface area contributed by atoms with E-state index in [4.69, 9.17) is 5.11 Å². The van der Waals surface area contributed by atoms with Gasteiger partial charge in [0.25, 0.3) is 0 Å². The van der Waals surface area contributed by atoms with Gasteiger partial charge in [-0.2, -0.15) is 0 Å². The number of nitrogens with two attached hydrogens (primary N) is 1. The predicted molar refractivity (Wildman–Crippen MR) is 58.4 cm³/mol. The lowest BCUT2D eigenvalue weighted by Crippen LogP contribution is -3.00. The molecule has 0 saturated carbocycles. The Balaban J connectivity index is -0.000000377. The Labute approximate surface area is 103 Å². The summed E-state index contributed by atoms with van der Waals surface area (Å²) in [7, 11) is 4.00. The van der Waals surface area contributed by atoms with E-state index in [9.17, 15) is 9.59 Å². The molecule has 4 N–H and O–H groups in total. The van der Waals surface area contributed by atoms with Crippen LogP contribution in [0.4, 0.5) is 0 Å². The highest BCUT2D eigenvalue weighted by atomic mass is 35.5. The van der Waals surface area contributed by atoms with Crippen molar-refractivity contribution in [2.75, 3.05) is 14.1 Å². The highest BCUT2D eigenvalue weighted by Gasteiger charge is 2.22. The van der Waals surface area contributed by atoms with Crippen molar-refractivity contribution >= 4 is 11.9 Å². The molecule has 6 heteroatoms. The number of rotatable bonds is 4. The Morgan fingerprint density at radius 3 is 2.06 bits per heavy atom. The van der Waals surface area contributed by atoms with Crippen LogP contribution in [0.25, 0.3) is 0 Å². The number of carboxylic acids is 1. The number of halogens is 1. The summed E-state index contributed by atoms with van der Waals surface area (Å²) in [6, 6.07) is 0. The fourth-order valence-electron chi connectivity index (χ4n) is 0.807. The van der Waals surface area contributed by atoms with Crippen LogP contribution < -0.4 is 23.0 Å². The summed E-state index contributed by atoms with van der Waals surface area (Å²) < 4.78 is 0. The van der Waals surface area contributed by atoms with Crippen LogP contribution >= 0.6 is 0 Å². The number of aliphatic carboxylic acids is 1. The first-order chi connectivity index (χ1) is 6.79. The van der Waals surface area contributed by atoms with E-state index in [1.54, 1.807) is 13.8 Å². The van der Waals surface area contributed by atoms with Gasteiger partial charge in [-0.05, 0) is 19.9 Å². The predicted octanol–water partition coefficient (Wildman–Crippen LogP) is -3.64. The molecule has 0 bridgehead atoms. The van der Waals surface area contributed by atoms with Crippen molar-refractivity contribution in [1.82, 2.24) is 5.32 Å².